The van der Waals surface area contributed by atoms with Crippen LogP contribution >= 0.6 is 0 Å². The normalized spacial score (nSPS) is 24.1. The summed E-state index contributed by atoms with van der Waals surface area (Å²) in [6.45, 7) is 2.01. The number of rotatable bonds is 1. The molecule has 1 amide bonds. The summed E-state index contributed by atoms with van der Waals surface area (Å²) in [5.41, 5.74) is 3.12. The van der Waals surface area contributed by atoms with E-state index in [1.165, 1.54) is 12.8 Å². The van der Waals surface area contributed by atoms with Gasteiger partial charge in [-0.15, -0.1) is 0 Å². The van der Waals surface area contributed by atoms with E-state index in [-0.39, 0.29) is 11.9 Å². The summed E-state index contributed by atoms with van der Waals surface area (Å²) in [5, 5.41) is 6.34. The molecule has 0 spiro atoms. The number of benzene rings is 1. The molecule has 78 valence electrons. The SMILES string of the molecule is Cc1cccc2c1NC(=O)C(C1CC1)N2. The van der Waals surface area contributed by atoms with Gasteiger partial charge in [0.15, 0.2) is 0 Å². The van der Waals surface area contributed by atoms with Gasteiger partial charge in [-0.25, -0.2) is 0 Å². The first-order chi connectivity index (χ1) is 7.25. The van der Waals surface area contributed by atoms with Gasteiger partial charge in [-0.3, -0.25) is 4.79 Å². The lowest BCUT2D eigenvalue weighted by Gasteiger charge is -2.27. The third kappa shape index (κ3) is 1.39. The van der Waals surface area contributed by atoms with E-state index in [9.17, 15) is 4.79 Å². The molecule has 3 heteroatoms. The lowest BCUT2D eigenvalue weighted by Crippen LogP contribution is -2.40. The summed E-state index contributed by atoms with van der Waals surface area (Å²) in [5.74, 6) is 0.665. The van der Waals surface area contributed by atoms with E-state index in [0.29, 0.717) is 5.92 Å². The second-order valence-corrected chi connectivity index (χ2v) is 4.45. The highest BCUT2D eigenvalue weighted by Gasteiger charge is 2.38. The first kappa shape index (κ1) is 8.77. The van der Waals surface area contributed by atoms with E-state index in [2.05, 4.69) is 10.6 Å². The van der Waals surface area contributed by atoms with Crippen molar-refractivity contribution >= 4 is 17.3 Å². The Morgan fingerprint density at radius 3 is 2.87 bits per heavy atom. The zero-order valence-electron chi connectivity index (χ0n) is 8.71. The summed E-state index contributed by atoms with van der Waals surface area (Å²) in [6.07, 6.45) is 2.35. The van der Waals surface area contributed by atoms with Crippen molar-refractivity contribution in [3.05, 3.63) is 23.8 Å². The Bertz CT molecular complexity index is 424. The molecule has 0 bridgehead atoms. The Morgan fingerprint density at radius 1 is 1.33 bits per heavy atom. The van der Waals surface area contributed by atoms with Crippen molar-refractivity contribution in [2.24, 2.45) is 5.92 Å². The molecule has 1 saturated carbocycles. The number of anilines is 2. The molecular formula is C12H14N2O. The van der Waals surface area contributed by atoms with Crippen LogP contribution in [-0.4, -0.2) is 11.9 Å². The van der Waals surface area contributed by atoms with Crippen LogP contribution in [0, 0.1) is 12.8 Å². The van der Waals surface area contributed by atoms with Gasteiger partial charge in [-0.1, -0.05) is 12.1 Å². The average Bonchev–Trinajstić information content (AvgIpc) is 3.02. The molecule has 0 aromatic heterocycles. The molecule has 1 fully saturated rings. The zero-order valence-corrected chi connectivity index (χ0v) is 8.71. The number of nitrogens with one attached hydrogen (secondary N) is 2. The number of aryl methyl sites for hydroxylation is 1. The van der Waals surface area contributed by atoms with Crippen molar-refractivity contribution < 1.29 is 4.79 Å². The Kier molecular flexibility index (Phi) is 1.75. The fourth-order valence-corrected chi connectivity index (χ4v) is 2.15. The van der Waals surface area contributed by atoms with Crippen LogP contribution in [0.2, 0.25) is 0 Å². The van der Waals surface area contributed by atoms with Gasteiger partial charge in [0.05, 0.1) is 11.4 Å². The van der Waals surface area contributed by atoms with Gasteiger partial charge in [-0.05, 0) is 37.3 Å². The van der Waals surface area contributed by atoms with Crippen molar-refractivity contribution in [1.29, 1.82) is 0 Å². The van der Waals surface area contributed by atoms with E-state index in [0.717, 1.165) is 16.9 Å². The molecule has 1 aromatic rings. The predicted molar refractivity (Wildman–Crippen MR) is 59.9 cm³/mol. The molecule has 0 radical (unpaired) electrons. The monoisotopic (exact) mass is 202 g/mol. The molecule has 1 unspecified atom stereocenters. The van der Waals surface area contributed by atoms with Crippen molar-refractivity contribution in [3.63, 3.8) is 0 Å². The van der Waals surface area contributed by atoms with Crippen molar-refractivity contribution in [1.82, 2.24) is 0 Å². The van der Waals surface area contributed by atoms with Crippen LogP contribution in [0.5, 0.6) is 0 Å². The maximum atomic E-state index is 11.8. The number of carbonyl (C=O) groups excluding carboxylic acids is 1. The molecule has 2 N–H and O–H groups in total. The van der Waals surface area contributed by atoms with Gasteiger partial charge in [0, 0.05) is 0 Å². The summed E-state index contributed by atoms with van der Waals surface area (Å²) >= 11 is 0. The number of para-hydroxylation sites is 1. The summed E-state index contributed by atoms with van der Waals surface area (Å²) in [7, 11) is 0. The number of carbonyl (C=O) groups is 1. The van der Waals surface area contributed by atoms with Gasteiger partial charge in [0.2, 0.25) is 5.91 Å². The zero-order chi connectivity index (χ0) is 10.4. The van der Waals surface area contributed by atoms with E-state index in [1.807, 2.05) is 25.1 Å². The summed E-state index contributed by atoms with van der Waals surface area (Å²) in [4.78, 5) is 11.8. The molecule has 3 rings (SSSR count). The molecule has 1 heterocycles. The standard InChI is InChI=1S/C12H14N2O/c1-7-3-2-4-9-10(7)14-12(15)11(13-9)8-5-6-8/h2-4,8,11,13H,5-6H2,1H3,(H,14,15). The van der Waals surface area contributed by atoms with Gasteiger partial charge in [0.1, 0.15) is 6.04 Å². The summed E-state index contributed by atoms with van der Waals surface area (Å²) in [6, 6.07) is 6.04. The Labute approximate surface area is 88.9 Å². The van der Waals surface area contributed by atoms with Crippen LogP contribution in [-0.2, 0) is 4.79 Å². The highest BCUT2D eigenvalue weighted by molar-refractivity contribution is 6.04. The molecule has 1 aromatic carbocycles. The molecule has 1 aliphatic heterocycles. The second kappa shape index (κ2) is 2.99. The molecule has 15 heavy (non-hydrogen) atoms. The first-order valence-corrected chi connectivity index (χ1v) is 5.43. The minimum Gasteiger partial charge on any atom is -0.372 e. The number of fused-ring (bicyclic) bond motifs is 1. The number of hydrogen-bond donors (Lipinski definition) is 2. The Morgan fingerprint density at radius 2 is 2.13 bits per heavy atom. The van der Waals surface area contributed by atoms with Gasteiger partial charge >= 0.3 is 0 Å². The maximum Gasteiger partial charge on any atom is 0.247 e. The topological polar surface area (TPSA) is 41.1 Å². The van der Waals surface area contributed by atoms with Crippen LogP contribution in [0.25, 0.3) is 0 Å². The lowest BCUT2D eigenvalue weighted by atomic mass is 10.0. The first-order valence-electron chi connectivity index (χ1n) is 5.43. The van der Waals surface area contributed by atoms with Gasteiger partial charge < -0.3 is 10.6 Å². The average molecular weight is 202 g/mol. The third-order valence-corrected chi connectivity index (χ3v) is 3.21. The highest BCUT2D eigenvalue weighted by atomic mass is 16.2. The third-order valence-electron chi connectivity index (χ3n) is 3.21. The number of amides is 1. The van der Waals surface area contributed by atoms with E-state index >= 15 is 0 Å². The maximum absolute atomic E-state index is 11.8. The van der Waals surface area contributed by atoms with Crippen LogP contribution in [0.4, 0.5) is 11.4 Å². The Balaban J connectivity index is 1.98. The van der Waals surface area contributed by atoms with Gasteiger partial charge in [0.25, 0.3) is 0 Å². The van der Waals surface area contributed by atoms with Gasteiger partial charge in [-0.2, -0.15) is 0 Å². The minimum absolute atomic E-state index is 0.0145. The molecule has 1 aliphatic carbocycles. The van der Waals surface area contributed by atoms with E-state index in [4.69, 9.17) is 0 Å². The predicted octanol–water partition coefficient (Wildman–Crippen LogP) is 2.14. The fraction of sp³-hybridized carbons (Fsp3) is 0.417. The quantitative estimate of drug-likeness (QED) is 0.732. The largest absolute Gasteiger partial charge is 0.372 e. The molecular weight excluding hydrogens is 188 g/mol. The van der Waals surface area contributed by atoms with Crippen LogP contribution in [0.3, 0.4) is 0 Å². The van der Waals surface area contributed by atoms with Crippen molar-refractivity contribution in [3.8, 4) is 0 Å². The minimum atomic E-state index is -0.0145. The smallest absolute Gasteiger partial charge is 0.247 e. The van der Waals surface area contributed by atoms with Crippen molar-refractivity contribution in [2.45, 2.75) is 25.8 Å². The van der Waals surface area contributed by atoms with Crippen LogP contribution in [0.15, 0.2) is 18.2 Å². The molecule has 1 atom stereocenters. The molecule has 2 aliphatic rings. The Hall–Kier alpha value is -1.51. The molecule has 3 nitrogen and oxygen atoms in total. The highest BCUT2D eigenvalue weighted by Crippen LogP contribution is 2.39. The van der Waals surface area contributed by atoms with E-state index < -0.39 is 0 Å². The lowest BCUT2D eigenvalue weighted by molar-refractivity contribution is -0.117. The molecule has 0 saturated heterocycles. The second-order valence-electron chi connectivity index (χ2n) is 4.45. The fourth-order valence-electron chi connectivity index (χ4n) is 2.15. The van der Waals surface area contributed by atoms with Crippen LogP contribution in [0.1, 0.15) is 18.4 Å². The number of hydrogen-bond acceptors (Lipinski definition) is 2. The summed E-state index contributed by atoms with van der Waals surface area (Å²) < 4.78 is 0. The van der Waals surface area contributed by atoms with E-state index in [1.54, 1.807) is 0 Å². The van der Waals surface area contributed by atoms with Crippen LogP contribution < -0.4 is 10.6 Å². The van der Waals surface area contributed by atoms with Crippen molar-refractivity contribution in [2.75, 3.05) is 10.6 Å².